The molecule has 0 aromatic heterocycles. The van der Waals surface area contributed by atoms with Gasteiger partial charge >= 0.3 is 5.97 Å². The molecular weight excluding hydrogens is 316 g/mol. The Hall–Kier alpha value is -1.68. The number of carbonyl (C=O) groups is 2. The van der Waals surface area contributed by atoms with E-state index in [0.717, 1.165) is 24.5 Å². The molecule has 0 heterocycles. The zero-order valence-corrected chi connectivity index (χ0v) is 15.6. The Morgan fingerprint density at radius 1 is 1.28 bits per heavy atom. The van der Waals surface area contributed by atoms with Crippen LogP contribution < -0.4 is 0 Å². The first-order valence-corrected chi connectivity index (χ1v) is 9.21. The number of carboxylic acid groups (broad SMARTS) is 1. The molecule has 0 aliphatic heterocycles. The maximum absolute atomic E-state index is 13.0. The topological polar surface area (TPSA) is 74.6 Å². The summed E-state index contributed by atoms with van der Waals surface area (Å²) in [5.41, 5.74) is -0.106. The molecule has 25 heavy (non-hydrogen) atoms. The Labute approximate surface area is 150 Å². The van der Waals surface area contributed by atoms with Crippen LogP contribution in [0.4, 0.5) is 0 Å². The highest BCUT2D eigenvalue weighted by molar-refractivity contribution is 5.91. The highest BCUT2D eigenvalue weighted by atomic mass is 16.4. The molecule has 2 N–H and O–H groups in total. The van der Waals surface area contributed by atoms with Crippen LogP contribution in [0.3, 0.4) is 0 Å². The van der Waals surface area contributed by atoms with Gasteiger partial charge in [-0.25, -0.2) is 4.79 Å². The van der Waals surface area contributed by atoms with Crippen molar-refractivity contribution < 1.29 is 19.8 Å². The minimum absolute atomic E-state index is 0.0163. The van der Waals surface area contributed by atoms with Crippen molar-refractivity contribution in [1.29, 1.82) is 0 Å². The molecule has 4 nitrogen and oxygen atoms in total. The third kappa shape index (κ3) is 3.64. The molecule has 0 spiro atoms. The molecule has 2 aliphatic rings. The van der Waals surface area contributed by atoms with Gasteiger partial charge in [0.1, 0.15) is 5.60 Å². The maximum Gasteiger partial charge on any atom is 0.328 e. The van der Waals surface area contributed by atoms with E-state index in [0.29, 0.717) is 6.42 Å². The highest BCUT2D eigenvalue weighted by Crippen LogP contribution is 2.53. The number of carbonyl (C=O) groups excluding carboxylic acids is 1. The monoisotopic (exact) mass is 346 g/mol. The van der Waals surface area contributed by atoms with Gasteiger partial charge in [0.05, 0.1) is 0 Å². The van der Waals surface area contributed by atoms with E-state index < -0.39 is 11.6 Å². The normalized spacial score (nSPS) is 39.8. The van der Waals surface area contributed by atoms with E-state index in [-0.39, 0.29) is 35.4 Å². The lowest BCUT2D eigenvalue weighted by molar-refractivity contribution is -0.172. The van der Waals surface area contributed by atoms with Crippen molar-refractivity contribution in [1.82, 2.24) is 0 Å². The van der Waals surface area contributed by atoms with Crippen LogP contribution in [0.5, 0.6) is 0 Å². The standard InChI is InChI=1S/C21H30O4/c1-5-13(2)18-15(4)20(24)21(25)12-8-9-14(3)19(21)16(18)10-6-7-11-17(22)23/h5-7,10-11,14-16,18-19,25H,8-9,12H2,1-4H3,(H,22,23)/b10-6+,11-7+,13-5-/t14-,15+,16-,18+,19?,21+/m0/s1. The van der Waals surface area contributed by atoms with Crippen molar-refractivity contribution in [3.63, 3.8) is 0 Å². The second kappa shape index (κ2) is 7.69. The van der Waals surface area contributed by atoms with E-state index in [1.807, 2.05) is 32.9 Å². The second-order valence-corrected chi connectivity index (χ2v) is 7.69. The van der Waals surface area contributed by atoms with Gasteiger partial charge < -0.3 is 10.2 Å². The molecule has 6 atom stereocenters. The second-order valence-electron chi connectivity index (χ2n) is 7.69. The van der Waals surface area contributed by atoms with Gasteiger partial charge in [0.2, 0.25) is 0 Å². The van der Waals surface area contributed by atoms with E-state index >= 15 is 0 Å². The van der Waals surface area contributed by atoms with Crippen molar-refractivity contribution in [2.24, 2.45) is 29.6 Å². The van der Waals surface area contributed by atoms with Crippen LogP contribution in [-0.2, 0) is 9.59 Å². The van der Waals surface area contributed by atoms with Gasteiger partial charge in [-0.1, -0.05) is 50.1 Å². The van der Waals surface area contributed by atoms with Gasteiger partial charge in [-0.05, 0) is 44.4 Å². The van der Waals surface area contributed by atoms with Crippen molar-refractivity contribution in [3.8, 4) is 0 Å². The van der Waals surface area contributed by atoms with E-state index in [9.17, 15) is 14.7 Å². The third-order valence-electron chi connectivity index (χ3n) is 6.25. The summed E-state index contributed by atoms with van der Waals surface area (Å²) in [5.74, 6) is -1.08. The van der Waals surface area contributed by atoms with Gasteiger partial charge in [0.25, 0.3) is 0 Å². The number of Topliss-reactive ketones (excluding diaryl/α,β-unsaturated/α-hetero) is 1. The Kier molecular flexibility index (Phi) is 6.04. The SMILES string of the molecule is C/C=C(/C)[C@H]1[C@H](/C=C/C=C/C(=O)O)C2[C@@H](C)CCC[C@]2(O)C(=O)[C@@H]1C. The molecular formula is C21H30O4. The molecule has 2 rings (SSSR count). The minimum atomic E-state index is -1.26. The van der Waals surface area contributed by atoms with E-state index in [1.165, 1.54) is 6.08 Å². The van der Waals surface area contributed by atoms with Gasteiger partial charge in [0, 0.05) is 17.9 Å². The molecule has 2 fully saturated rings. The van der Waals surface area contributed by atoms with Crippen molar-refractivity contribution in [2.75, 3.05) is 0 Å². The van der Waals surface area contributed by atoms with E-state index in [4.69, 9.17) is 5.11 Å². The lowest BCUT2D eigenvalue weighted by Crippen LogP contribution is -2.61. The molecule has 2 saturated carbocycles. The van der Waals surface area contributed by atoms with Gasteiger partial charge in [-0.2, -0.15) is 0 Å². The van der Waals surface area contributed by atoms with Gasteiger partial charge in [-0.15, -0.1) is 0 Å². The Balaban J connectivity index is 2.49. The van der Waals surface area contributed by atoms with Crippen LogP contribution >= 0.6 is 0 Å². The molecule has 0 amide bonds. The third-order valence-corrected chi connectivity index (χ3v) is 6.25. The summed E-state index contributed by atoms with van der Waals surface area (Å²) in [7, 11) is 0. The lowest BCUT2D eigenvalue weighted by atomic mass is 9.51. The predicted molar refractivity (Wildman–Crippen MR) is 98.0 cm³/mol. The smallest absolute Gasteiger partial charge is 0.328 e. The van der Waals surface area contributed by atoms with Crippen molar-refractivity contribution >= 4 is 11.8 Å². The van der Waals surface area contributed by atoms with Crippen LogP contribution in [-0.4, -0.2) is 27.6 Å². The molecule has 2 aliphatic carbocycles. The first-order valence-electron chi connectivity index (χ1n) is 9.21. The van der Waals surface area contributed by atoms with E-state index in [1.54, 1.807) is 6.08 Å². The Morgan fingerprint density at radius 3 is 2.56 bits per heavy atom. The number of hydrogen-bond donors (Lipinski definition) is 2. The van der Waals surface area contributed by atoms with Gasteiger partial charge in [0.15, 0.2) is 5.78 Å². The van der Waals surface area contributed by atoms with Crippen LogP contribution in [0.15, 0.2) is 36.0 Å². The zero-order valence-electron chi connectivity index (χ0n) is 15.6. The van der Waals surface area contributed by atoms with Gasteiger partial charge in [-0.3, -0.25) is 4.79 Å². The summed E-state index contributed by atoms with van der Waals surface area (Å²) >= 11 is 0. The maximum atomic E-state index is 13.0. The molecule has 4 heteroatoms. The quantitative estimate of drug-likeness (QED) is 0.462. The highest BCUT2D eigenvalue weighted by Gasteiger charge is 2.58. The first-order chi connectivity index (χ1) is 11.7. The minimum Gasteiger partial charge on any atom is -0.478 e. The molecule has 0 saturated heterocycles. The zero-order chi connectivity index (χ0) is 18.8. The average Bonchev–Trinajstić information content (AvgIpc) is 2.55. The number of aliphatic hydroxyl groups is 1. The molecule has 138 valence electrons. The Bertz CT molecular complexity index is 615. The number of hydrogen-bond acceptors (Lipinski definition) is 3. The van der Waals surface area contributed by atoms with Crippen LogP contribution in [0.1, 0.15) is 47.0 Å². The van der Waals surface area contributed by atoms with Crippen molar-refractivity contribution in [2.45, 2.75) is 52.6 Å². The summed E-state index contributed by atoms with van der Waals surface area (Å²) in [6.45, 7) is 8.05. The molecule has 1 unspecified atom stereocenters. The van der Waals surface area contributed by atoms with Crippen LogP contribution in [0.2, 0.25) is 0 Å². The fraction of sp³-hybridized carbons (Fsp3) is 0.619. The summed E-state index contributed by atoms with van der Waals surface area (Å²) < 4.78 is 0. The molecule has 0 bridgehead atoms. The average molecular weight is 346 g/mol. The number of rotatable bonds is 4. The lowest BCUT2D eigenvalue weighted by Gasteiger charge is -2.54. The molecule has 0 aromatic rings. The molecule has 0 aromatic carbocycles. The van der Waals surface area contributed by atoms with Crippen LogP contribution in [0, 0.1) is 29.6 Å². The fourth-order valence-electron chi connectivity index (χ4n) is 5.07. The fourth-order valence-corrected chi connectivity index (χ4v) is 5.07. The van der Waals surface area contributed by atoms with Crippen LogP contribution in [0.25, 0.3) is 0 Å². The summed E-state index contributed by atoms with van der Waals surface area (Å²) in [6, 6.07) is 0. The Morgan fingerprint density at radius 2 is 1.96 bits per heavy atom. The number of carboxylic acids is 1. The predicted octanol–water partition coefficient (Wildman–Crippen LogP) is 3.77. The number of allylic oxidation sites excluding steroid dienone is 5. The molecule has 0 radical (unpaired) electrons. The largest absolute Gasteiger partial charge is 0.478 e. The van der Waals surface area contributed by atoms with Crippen molar-refractivity contribution in [3.05, 3.63) is 36.0 Å². The first kappa shape index (κ1) is 19.6. The number of fused-ring (bicyclic) bond motifs is 1. The van der Waals surface area contributed by atoms with E-state index in [2.05, 4.69) is 6.92 Å². The summed E-state index contributed by atoms with van der Waals surface area (Å²) in [6.07, 6.45) is 10.8. The summed E-state index contributed by atoms with van der Waals surface area (Å²) in [5, 5.41) is 20.0. The summed E-state index contributed by atoms with van der Waals surface area (Å²) in [4.78, 5) is 23.7. The number of aliphatic carboxylic acids is 1. The number of ketones is 1.